The molecule has 2 aromatic rings. The Labute approximate surface area is 151 Å². The van der Waals surface area contributed by atoms with Crippen LogP contribution in [0.1, 0.15) is 57.7 Å². The first-order chi connectivity index (χ1) is 11.3. The van der Waals surface area contributed by atoms with Gasteiger partial charge in [0.25, 0.3) is 5.91 Å². The fourth-order valence-electron chi connectivity index (χ4n) is 3.18. The van der Waals surface area contributed by atoms with E-state index in [2.05, 4.69) is 44.3 Å². The lowest BCUT2D eigenvalue weighted by Crippen LogP contribution is -2.27. The Kier molecular flexibility index (Phi) is 4.92. The van der Waals surface area contributed by atoms with Crippen molar-refractivity contribution in [1.82, 2.24) is 5.43 Å². The fourth-order valence-corrected chi connectivity index (χ4v) is 5.09. The molecule has 3 nitrogen and oxygen atoms in total. The summed E-state index contributed by atoms with van der Waals surface area (Å²) >= 11 is 3.39. The lowest BCUT2D eigenvalue weighted by Gasteiger charge is -2.33. The molecule has 1 aliphatic carbocycles. The molecule has 1 amide bonds. The van der Waals surface area contributed by atoms with Gasteiger partial charge in [-0.2, -0.15) is 5.10 Å². The van der Waals surface area contributed by atoms with Crippen LogP contribution in [0.2, 0.25) is 0 Å². The van der Waals surface area contributed by atoms with Crippen LogP contribution in [-0.4, -0.2) is 12.1 Å². The summed E-state index contributed by atoms with van der Waals surface area (Å²) in [4.78, 5) is 16.1. The van der Waals surface area contributed by atoms with Crippen molar-refractivity contribution >= 4 is 34.8 Å². The third-order valence-electron chi connectivity index (χ3n) is 4.74. The molecular formula is C19H24N2OS2. The van der Waals surface area contributed by atoms with Gasteiger partial charge in [0.15, 0.2) is 0 Å². The molecule has 1 N–H and O–H groups in total. The van der Waals surface area contributed by atoms with Gasteiger partial charge in [0, 0.05) is 20.0 Å². The summed E-state index contributed by atoms with van der Waals surface area (Å²) in [7, 11) is 0. The van der Waals surface area contributed by atoms with E-state index in [-0.39, 0.29) is 5.91 Å². The molecule has 0 unspecified atom stereocenters. The summed E-state index contributed by atoms with van der Waals surface area (Å²) < 4.78 is 0. The third kappa shape index (κ3) is 3.78. The van der Waals surface area contributed by atoms with Gasteiger partial charge in [-0.25, -0.2) is 5.43 Å². The SMILES string of the molecule is Cc1ccc(/C=N\NC(=O)c2csc3c2CC[C@H](C(C)(C)C)C3)s1. The van der Waals surface area contributed by atoms with Gasteiger partial charge in [0.05, 0.1) is 11.8 Å². The summed E-state index contributed by atoms with van der Waals surface area (Å²) in [6.45, 7) is 8.99. The average Bonchev–Trinajstić information content (AvgIpc) is 3.11. The first-order valence-corrected chi connectivity index (χ1v) is 10.0. The maximum atomic E-state index is 12.4. The summed E-state index contributed by atoms with van der Waals surface area (Å²) in [5.74, 6) is 0.603. The zero-order valence-electron chi connectivity index (χ0n) is 14.7. The third-order valence-corrected chi connectivity index (χ3v) is 6.73. The zero-order chi connectivity index (χ0) is 17.3. The van der Waals surface area contributed by atoms with E-state index >= 15 is 0 Å². The number of hydrogen-bond acceptors (Lipinski definition) is 4. The molecule has 0 saturated carbocycles. The average molecular weight is 361 g/mol. The number of nitrogens with zero attached hydrogens (tertiary/aromatic N) is 1. The van der Waals surface area contributed by atoms with E-state index in [0.29, 0.717) is 11.3 Å². The number of rotatable bonds is 3. The molecule has 1 atom stereocenters. The molecule has 5 heteroatoms. The Balaban J connectivity index is 1.67. The number of amides is 1. The normalized spacial score (nSPS) is 17.9. The van der Waals surface area contributed by atoms with Crippen LogP contribution >= 0.6 is 22.7 Å². The highest BCUT2D eigenvalue weighted by atomic mass is 32.1. The molecule has 0 saturated heterocycles. The molecule has 128 valence electrons. The zero-order valence-corrected chi connectivity index (χ0v) is 16.3. The Morgan fingerprint density at radius 1 is 1.38 bits per heavy atom. The van der Waals surface area contributed by atoms with Crippen LogP contribution in [0, 0.1) is 18.3 Å². The van der Waals surface area contributed by atoms with Crippen molar-refractivity contribution < 1.29 is 4.79 Å². The minimum Gasteiger partial charge on any atom is -0.267 e. The molecule has 1 aliphatic rings. The highest BCUT2D eigenvalue weighted by Crippen LogP contribution is 2.40. The Hall–Kier alpha value is -1.46. The van der Waals surface area contributed by atoms with Crippen molar-refractivity contribution in [2.24, 2.45) is 16.4 Å². The summed E-state index contributed by atoms with van der Waals surface area (Å²) in [6.07, 6.45) is 4.96. The second kappa shape index (κ2) is 6.81. The van der Waals surface area contributed by atoms with Crippen molar-refractivity contribution in [2.45, 2.75) is 47.0 Å². The monoisotopic (exact) mass is 360 g/mol. The van der Waals surface area contributed by atoms with Crippen LogP contribution in [0.3, 0.4) is 0 Å². The van der Waals surface area contributed by atoms with E-state index in [1.54, 1.807) is 28.9 Å². The lowest BCUT2D eigenvalue weighted by atomic mass is 9.72. The number of hydrazone groups is 1. The number of aryl methyl sites for hydroxylation is 1. The maximum absolute atomic E-state index is 12.4. The van der Waals surface area contributed by atoms with Gasteiger partial charge in [-0.1, -0.05) is 20.8 Å². The van der Waals surface area contributed by atoms with E-state index in [9.17, 15) is 4.79 Å². The van der Waals surface area contributed by atoms with Crippen molar-refractivity contribution in [3.8, 4) is 0 Å². The molecule has 0 aromatic carbocycles. The highest BCUT2D eigenvalue weighted by molar-refractivity contribution is 7.13. The predicted molar refractivity (Wildman–Crippen MR) is 103 cm³/mol. The van der Waals surface area contributed by atoms with Gasteiger partial charge in [0.2, 0.25) is 0 Å². The number of thiophene rings is 2. The number of carbonyl (C=O) groups is 1. The Morgan fingerprint density at radius 2 is 2.17 bits per heavy atom. The topological polar surface area (TPSA) is 41.5 Å². The Morgan fingerprint density at radius 3 is 2.83 bits per heavy atom. The van der Waals surface area contributed by atoms with E-state index in [1.807, 2.05) is 11.4 Å². The van der Waals surface area contributed by atoms with Crippen molar-refractivity contribution in [3.05, 3.63) is 43.3 Å². The standard InChI is InChI=1S/C19H24N2OS2/c1-12-5-7-14(24-12)10-20-21-18(22)16-11-23-17-9-13(19(2,3)4)6-8-15(16)17/h5,7,10-11,13H,6,8-9H2,1-4H3,(H,21,22)/b20-10-/t13-/m0/s1. The maximum Gasteiger partial charge on any atom is 0.272 e. The minimum atomic E-state index is -0.0914. The van der Waals surface area contributed by atoms with Crippen molar-refractivity contribution in [3.63, 3.8) is 0 Å². The lowest BCUT2D eigenvalue weighted by molar-refractivity contribution is 0.0954. The second-order valence-corrected chi connectivity index (χ2v) is 9.79. The number of carbonyl (C=O) groups excluding carboxylic acids is 1. The van der Waals surface area contributed by atoms with Gasteiger partial charge < -0.3 is 0 Å². The van der Waals surface area contributed by atoms with Crippen molar-refractivity contribution in [1.29, 1.82) is 0 Å². The van der Waals surface area contributed by atoms with Crippen molar-refractivity contribution in [2.75, 3.05) is 0 Å². The second-order valence-electron chi connectivity index (χ2n) is 7.50. The number of fused-ring (bicyclic) bond motifs is 1. The molecule has 0 bridgehead atoms. The van der Waals surface area contributed by atoms with Gasteiger partial charge in [0.1, 0.15) is 0 Å². The van der Waals surface area contributed by atoms with Crippen LogP contribution in [0.4, 0.5) is 0 Å². The summed E-state index contributed by atoms with van der Waals surface area (Å²) in [6, 6.07) is 4.06. The number of nitrogens with one attached hydrogen (secondary N) is 1. The molecule has 0 spiro atoms. The molecule has 0 aliphatic heterocycles. The van der Waals surface area contributed by atoms with Crippen LogP contribution in [0.5, 0.6) is 0 Å². The van der Waals surface area contributed by atoms with Crippen LogP contribution in [-0.2, 0) is 12.8 Å². The summed E-state index contributed by atoms with van der Waals surface area (Å²) in [5.41, 5.74) is 5.05. The highest BCUT2D eigenvalue weighted by Gasteiger charge is 2.31. The van der Waals surface area contributed by atoms with Gasteiger partial charge in [-0.15, -0.1) is 22.7 Å². The Bertz CT molecular complexity index is 765. The molecule has 2 aromatic heterocycles. The molecular weight excluding hydrogens is 336 g/mol. The van der Waals surface area contributed by atoms with Crippen LogP contribution in [0.25, 0.3) is 0 Å². The number of hydrogen-bond donors (Lipinski definition) is 1. The molecule has 0 fully saturated rings. The van der Waals surface area contributed by atoms with E-state index in [4.69, 9.17) is 0 Å². The first kappa shape index (κ1) is 17.4. The smallest absolute Gasteiger partial charge is 0.267 e. The summed E-state index contributed by atoms with van der Waals surface area (Å²) in [5, 5.41) is 6.10. The van der Waals surface area contributed by atoms with Gasteiger partial charge in [-0.05, 0) is 55.2 Å². The quantitative estimate of drug-likeness (QED) is 0.605. The van der Waals surface area contributed by atoms with E-state index in [1.165, 1.54) is 15.3 Å². The van der Waals surface area contributed by atoms with Crippen LogP contribution < -0.4 is 5.43 Å². The van der Waals surface area contributed by atoms with E-state index < -0.39 is 0 Å². The molecule has 2 heterocycles. The molecule has 3 rings (SSSR count). The fraction of sp³-hybridized carbons (Fsp3) is 0.474. The minimum absolute atomic E-state index is 0.0914. The van der Waals surface area contributed by atoms with Gasteiger partial charge in [-0.3, -0.25) is 4.79 Å². The molecule has 24 heavy (non-hydrogen) atoms. The molecule has 0 radical (unpaired) electrons. The largest absolute Gasteiger partial charge is 0.272 e. The van der Waals surface area contributed by atoms with E-state index in [0.717, 1.165) is 29.7 Å². The predicted octanol–water partition coefficient (Wildman–Crippen LogP) is 5.03. The van der Waals surface area contributed by atoms with Gasteiger partial charge >= 0.3 is 0 Å². The van der Waals surface area contributed by atoms with Crippen LogP contribution in [0.15, 0.2) is 22.6 Å². The first-order valence-electron chi connectivity index (χ1n) is 8.33.